The Labute approximate surface area is 183 Å². The Bertz CT molecular complexity index is 823. The van der Waals surface area contributed by atoms with Gasteiger partial charge in [-0.3, -0.25) is 14.4 Å². The number of likely N-dealkylation sites (tertiary alicyclic amines) is 1. The van der Waals surface area contributed by atoms with Crippen LogP contribution in [-0.2, 0) is 16.1 Å². The summed E-state index contributed by atoms with van der Waals surface area (Å²) in [5, 5.41) is 9.39. The van der Waals surface area contributed by atoms with E-state index >= 15 is 0 Å². The normalized spacial score (nSPS) is 19.2. The summed E-state index contributed by atoms with van der Waals surface area (Å²) >= 11 is 0. The second-order valence-electron chi connectivity index (χ2n) is 7.79. The highest BCUT2D eigenvalue weighted by Gasteiger charge is 2.26. The lowest BCUT2D eigenvalue weighted by atomic mass is 10.1. The van der Waals surface area contributed by atoms with Gasteiger partial charge in [-0.15, -0.1) is 0 Å². The van der Waals surface area contributed by atoms with Crippen molar-refractivity contribution in [1.29, 1.82) is 0 Å². The molecule has 1 unspecified atom stereocenters. The molecule has 2 fully saturated rings. The number of carbonyl (C=O) groups excluding carboxylic acids is 3. The van der Waals surface area contributed by atoms with Crippen LogP contribution in [0.4, 0.5) is 0 Å². The zero-order chi connectivity index (χ0) is 22.2. The summed E-state index contributed by atoms with van der Waals surface area (Å²) in [4.78, 5) is 44.1. The van der Waals surface area contributed by atoms with E-state index in [1.165, 1.54) is 0 Å². The fraction of sp³-hybridized carbons (Fsp3) is 0.545. The minimum absolute atomic E-state index is 0.102. The van der Waals surface area contributed by atoms with Gasteiger partial charge < -0.3 is 25.8 Å². The van der Waals surface area contributed by atoms with Gasteiger partial charge in [0.1, 0.15) is 0 Å². The van der Waals surface area contributed by atoms with E-state index in [1.54, 1.807) is 17.0 Å². The first-order valence-electron chi connectivity index (χ1n) is 11.0. The van der Waals surface area contributed by atoms with Gasteiger partial charge in [-0.25, -0.2) is 4.99 Å². The number of guanidine groups is 1. The molecule has 0 aliphatic carbocycles. The predicted octanol–water partition coefficient (Wildman–Crippen LogP) is 0.325. The highest BCUT2D eigenvalue weighted by Crippen LogP contribution is 2.12. The third-order valence-electron chi connectivity index (χ3n) is 5.47. The van der Waals surface area contributed by atoms with Crippen molar-refractivity contribution in [3.05, 3.63) is 35.4 Å². The second-order valence-corrected chi connectivity index (χ2v) is 7.79. The van der Waals surface area contributed by atoms with E-state index in [2.05, 4.69) is 20.9 Å². The average molecular weight is 429 g/mol. The van der Waals surface area contributed by atoms with Crippen LogP contribution in [0.3, 0.4) is 0 Å². The maximum atomic E-state index is 12.6. The Kier molecular flexibility index (Phi) is 7.86. The molecular weight excluding hydrogens is 396 g/mol. The Hall–Kier alpha value is -3.10. The van der Waals surface area contributed by atoms with Crippen LogP contribution in [-0.4, -0.2) is 78.8 Å². The lowest BCUT2D eigenvalue weighted by molar-refractivity contribution is -0.129. The molecule has 2 aliphatic heterocycles. The summed E-state index contributed by atoms with van der Waals surface area (Å²) in [6.45, 7) is 7.70. The minimum Gasteiger partial charge on any atom is -0.357 e. The maximum absolute atomic E-state index is 12.6. The highest BCUT2D eigenvalue weighted by atomic mass is 16.2. The standard InChI is InChI=1S/C22H32N6O3/c1-3-20(30)27-11-9-18(14-27)26-22(23-4-2)25-13-16-5-7-17(8-6-16)21(31)28-12-10-24-19(29)15-28/h5-8,18H,3-4,9-15H2,1-2H3,(H,24,29)(H2,23,25,26). The average Bonchev–Trinajstić information content (AvgIpc) is 3.25. The van der Waals surface area contributed by atoms with Crippen LogP contribution >= 0.6 is 0 Å². The number of hydrogen-bond acceptors (Lipinski definition) is 4. The van der Waals surface area contributed by atoms with Gasteiger partial charge in [-0.2, -0.15) is 0 Å². The molecule has 3 N–H and O–H groups in total. The van der Waals surface area contributed by atoms with Crippen LogP contribution in [0.15, 0.2) is 29.3 Å². The zero-order valence-corrected chi connectivity index (χ0v) is 18.3. The number of rotatable bonds is 6. The lowest BCUT2D eigenvalue weighted by Gasteiger charge is -2.26. The molecule has 2 aliphatic rings. The van der Waals surface area contributed by atoms with Crippen molar-refractivity contribution in [2.45, 2.75) is 39.3 Å². The summed E-state index contributed by atoms with van der Waals surface area (Å²) < 4.78 is 0. The van der Waals surface area contributed by atoms with Crippen LogP contribution in [0.1, 0.15) is 42.6 Å². The van der Waals surface area contributed by atoms with Gasteiger partial charge >= 0.3 is 0 Å². The van der Waals surface area contributed by atoms with Crippen LogP contribution in [0, 0.1) is 0 Å². The maximum Gasteiger partial charge on any atom is 0.254 e. The van der Waals surface area contributed by atoms with Crippen molar-refractivity contribution >= 4 is 23.7 Å². The smallest absolute Gasteiger partial charge is 0.254 e. The quantitative estimate of drug-likeness (QED) is 0.447. The Morgan fingerprint density at radius 2 is 1.94 bits per heavy atom. The summed E-state index contributed by atoms with van der Waals surface area (Å²) in [6.07, 6.45) is 1.44. The number of piperazine rings is 1. The van der Waals surface area contributed by atoms with Crippen molar-refractivity contribution in [3.8, 4) is 0 Å². The number of hydrogen-bond donors (Lipinski definition) is 3. The van der Waals surface area contributed by atoms with E-state index in [9.17, 15) is 14.4 Å². The first kappa shape index (κ1) is 22.6. The summed E-state index contributed by atoms with van der Waals surface area (Å²) in [6, 6.07) is 7.54. The van der Waals surface area contributed by atoms with Gasteiger partial charge in [0.15, 0.2) is 5.96 Å². The van der Waals surface area contributed by atoms with E-state index in [4.69, 9.17) is 0 Å². The fourth-order valence-electron chi connectivity index (χ4n) is 3.76. The van der Waals surface area contributed by atoms with E-state index in [1.807, 2.05) is 30.9 Å². The summed E-state index contributed by atoms with van der Waals surface area (Å²) in [5.74, 6) is 0.648. The first-order chi connectivity index (χ1) is 15.0. The van der Waals surface area contributed by atoms with Crippen LogP contribution < -0.4 is 16.0 Å². The van der Waals surface area contributed by atoms with Gasteiger partial charge in [-0.05, 0) is 31.0 Å². The molecule has 9 heteroatoms. The molecule has 1 aromatic rings. The van der Waals surface area contributed by atoms with Crippen molar-refractivity contribution in [1.82, 2.24) is 25.8 Å². The number of nitrogens with zero attached hydrogens (tertiary/aromatic N) is 3. The van der Waals surface area contributed by atoms with Gasteiger partial charge in [0.2, 0.25) is 11.8 Å². The molecule has 0 bridgehead atoms. The molecule has 2 saturated heterocycles. The van der Waals surface area contributed by atoms with E-state index < -0.39 is 0 Å². The molecule has 2 heterocycles. The lowest BCUT2D eigenvalue weighted by Crippen LogP contribution is -2.49. The predicted molar refractivity (Wildman–Crippen MR) is 119 cm³/mol. The highest BCUT2D eigenvalue weighted by molar-refractivity contribution is 5.97. The summed E-state index contributed by atoms with van der Waals surface area (Å²) in [5.41, 5.74) is 1.55. The number of aliphatic imine (C=N–C) groups is 1. The van der Waals surface area contributed by atoms with E-state index in [-0.39, 0.29) is 30.3 Å². The number of amides is 3. The molecule has 0 spiro atoms. The van der Waals surface area contributed by atoms with Gasteiger partial charge in [0.25, 0.3) is 5.91 Å². The molecule has 0 saturated carbocycles. The second kappa shape index (κ2) is 10.8. The Morgan fingerprint density at radius 1 is 1.16 bits per heavy atom. The third-order valence-corrected chi connectivity index (χ3v) is 5.47. The molecule has 3 amide bonds. The molecule has 168 valence electrons. The first-order valence-corrected chi connectivity index (χ1v) is 11.0. The minimum atomic E-state index is -0.132. The molecule has 1 atom stereocenters. The van der Waals surface area contributed by atoms with Gasteiger partial charge in [0, 0.05) is 50.7 Å². The van der Waals surface area contributed by atoms with Gasteiger partial charge in [0.05, 0.1) is 13.1 Å². The summed E-state index contributed by atoms with van der Waals surface area (Å²) in [7, 11) is 0. The zero-order valence-electron chi connectivity index (χ0n) is 18.3. The van der Waals surface area contributed by atoms with Crippen LogP contribution in [0.5, 0.6) is 0 Å². The van der Waals surface area contributed by atoms with Crippen LogP contribution in [0.25, 0.3) is 0 Å². The van der Waals surface area contributed by atoms with Crippen molar-refractivity contribution in [2.75, 3.05) is 39.3 Å². The Balaban J connectivity index is 1.56. The fourth-order valence-corrected chi connectivity index (χ4v) is 3.76. The molecule has 3 rings (SSSR count). The van der Waals surface area contributed by atoms with Crippen molar-refractivity contribution < 1.29 is 14.4 Å². The van der Waals surface area contributed by atoms with Crippen molar-refractivity contribution in [2.24, 2.45) is 4.99 Å². The topological polar surface area (TPSA) is 106 Å². The third kappa shape index (κ3) is 6.19. The van der Waals surface area contributed by atoms with Gasteiger partial charge in [-0.1, -0.05) is 19.1 Å². The van der Waals surface area contributed by atoms with E-state index in [0.717, 1.165) is 31.0 Å². The molecule has 0 aromatic heterocycles. The molecule has 31 heavy (non-hydrogen) atoms. The molecular formula is C22H32N6O3. The SMILES string of the molecule is CCNC(=NCc1ccc(C(=O)N2CCNC(=O)C2)cc1)NC1CCN(C(=O)CC)C1. The number of carbonyl (C=O) groups is 3. The number of nitrogens with one attached hydrogen (secondary N) is 3. The largest absolute Gasteiger partial charge is 0.357 e. The molecule has 9 nitrogen and oxygen atoms in total. The van der Waals surface area contributed by atoms with E-state index in [0.29, 0.717) is 38.2 Å². The molecule has 1 aromatic carbocycles. The number of benzene rings is 1. The van der Waals surface area contributed by atoms with Crippen molar-refractivity contribution in [3.63, 3.8) is 0 Å². The monoisotopic (exact) mass is 428 g/mol. The van der Waals surface area contributed by atoms with Crippen LogP contribution in [0.2, 0.25) is 0 Å². The molecule has 0 radical (unpaired) electrons. The Morgan fingerprint density at radius 3 is 2.61 bits per heavy atom.